The molecule has 4 rings (SSSR count). The molecule has 0 aliphatic carbocycles. The van der Waals surface area contributed by atoms with Crippen LogP contribution in [0.2, 0.25) is 0 Å². The highest BCUT2D eigenvalue weighted by molar-refractivity contribution is 7.98. The highest BCUT2D eigenvalue weighted by Crippen LogP contribution is 2.39. The van der Waals surface area contributed by atoms with Gasteiger partial charge < -0.3 is 14.4 Å². The molecule has 3 aromatic rings. The molecule has 0 radical (unpaired) electrons. The predicted molar refractivity (Wildman–Crippen MR) is 125 cm³/mol. The van der Waals surface area contributed by atoms with Crippen LogP contribution in [0.1, 0.15) is 24.5 Å². The van der Waals surface area contributed by atoms with Crippen molar-refractivity contribution < 1.29 is 9.47 Å². The molecule has 6 heteroatoms. The Balaban J connectivity index is 1.88. The summed E-state index contributed by atoms with van der Waals surface area (Å²) in [5.74, 6) is 1.47. The van der Waals surface area contributed by atoms with Crippen molar-refractivity contribution in [2.75, 3.05) is 44.6 Å². The van der Waals surface area contributed by atoms with E-state index in [1.165, 1.54) is 16.8 Å². The molecule has 0 bridgehead atoms. The molecule has 5 nitrogen and oxygen atoms in total. The van der Waals surface area contributed by atoms with E-state index in [2.05, 4.69) is 66.8 Å². The van der Waals surface area contributed by atoms with Crippen molar-refractivity contribution in [3.63, 3.8) is 0 Å². The number of rotatable bonds is 7. The molecule has 0 spiro atoms. The zero-order valence-corrected chi connectivity index (χ0v) is 19.4. The maximum atomic E-state index is 5.76. The summed E-state index contributed by atoms with van der Waals surface area (Å²) >= 11 is 1.71. The van der Waals surface area contributed by atoms with Crippen LogP contribution in [-0.2, 0) is 4.74 Å². The van der Waals surface area contributed by atoms with Crippen LogP contribution in [0.25, 0.3) is 16.8 Å². The van der Waals surface area contributed by atoms with Gasteiger partial charge in [-0.15, -0.1) is 11.8 Å². The molecule has 1 aliphatic heterocycles. The number of methoxy groups -OCH3 is 1. The smallest absolute Gasteiger partial charge is 0.142 e. The lowest BCUT2D eigenvalue weighted by Crippen LogP contribution is -2.29. The third kappa shape index (κ3) is 3.79. The molecule has 1 saturated heterocycles. The van der Waals surface area contributed by atoms with Crippen molar-refractivity contribution in [2.45, 2.75) is 32.2 Å². The number of ether oxygens (including phenoxy) is 2. The Morgan fingerprint density at radius 1 is 1.30 bits per heavy atom. The maximum absolute atomic E-state index is 5.76. The molecule has 1 unspecified atom stereocenters. The molecule has 0 N–H and O–H groups in total. The van der Waals surface area contributed by atoms with E-state index in [4.69, 9.17) is 14.6 Å². The van der Waals surface area contributed by atoms with Gasteiger partial charge in [-0.25, -0.2) is 4.52 Å². The molecule has 3 heterocycles. The highest BCUT2D eigenvalue weighted by Gasteiger charge is 2.25. The number of aryl methyl sites for hydroxylation is 2. The standard InChI is InChI=1S/C24H31N3O2S/c1-6-26(14-18-10-11-29-15-18)23-20-9-7-8-19(27(20)25-24(23)30-5)22-17(3)12-16(2)13-21(22)28-4/h7-9,12-13,18H,6,10-11,14-15H2,1-5H3. The van der Waals surface area contributed by atoms with E-state index < -0.39 is 0 Å². The number of hydrogen-bond donors (Lipinski definition) is 0. The summed E-state index contributed by atoms with van der Waals surface area (Å²) in [5.41, 5.74) is 6.91. The molecule has 30 heavy (non-hydrogen) atoms. The Hall–Kier alpha value is -2.18. The van der Waals surface area contributed by atoms with Crippen molar-refractivity contribution in [1.82, 2.24) is 9.61 Å². The van der Waals surface area contributed by atoms with Gasteiger partial charge in [0, 0.05) is 31.2 Å². The molecular formula is C24H31N3O2S. The van der Waals surface area contributed by atoms with Gasteiger partial charge in [0.25, 0.3) is 0 Å². The van der Waals surface area contributed by atoms with E-state index in [0.717, 1.165) is 60.3 Å². The normalized spacial score (nSPS) is 16.4. The van der Waals surface area contributed by atoms with Crippen LogP contribution in [0.4, 0.5) is 5.69 Å². The quantitative estimate of drug-likeness (QED) is 0.486. The number of fused-ring (bicyclic) bond motifs is 1. The molecule has 2 aromatic heterocycles. The van der Waals surface area contributed by atoms with Crippen LogP contribution in [0.15, 0.2) is 35.4 Å². The molecule has 1 aliphatic rings. The molecule has 0 amide bonds. The number of nitrogens with zero attached hydrogens (tertiary/aromatic N) is 3. The monoisotopic (exact) mass is 425 g/mol. The van der Waals surface area contributed by atoms with Crippen LogP contribution in [-0.4, -0.2) is 49.3 Å². The van der Waals surface area contributed by atoms with Gasteiger partial charge in [0.1, 0.15) is 10.8 Å². The Bertz CT molecular complexity index is 1040. The SMILES string of the molecule is CCN(CC1CCOC1)c1c(SC)nn2c(-c3c(C)cc(C)cc3OC)cccc12. The second-order valence-corrected chi connectivity index (χ2v) is 8.79. The van der Waals surface area contributed by atoms with Crippen molar-refractivity contribution in [1.29, 1.82) is 0 Å². The van der Waals surface area contributed by atoms with E-state index in [-0.39, 0.29) is 0 Å². The first kappa shape index (κ1) is 21.1. The summed E-state index contributed by atoms with van der Waals surface area (Å²) in [6.07, 6.45) is 3.24. The van der Waals surface area contributed by atoms with Gasteiger partial charge >= 0.3 is 0 Å². The number of pyridine rings is 1. The van der Waals surface area contributed by atoms with Crippen LogP contribution in [0.5, 0.6) is 5.75 Å². The van der Waals surface area contributed by atoms with Gasteiger partial charge in [-0.3, -0.25) is 0 Å². The van der Waals surface area contributed by atoms with Gasteiger partial charge in [0.15, 0.2) is 0 Å². The van der Waals surface area contributed by atoms with E-state index in [0.29, 0.717) is 5.92 Å². The second kappa shape index (κ2) is 8.90. The third-order valence-electron chi connectivity index (χ3n) is 5.91. The molecule has 1 atom stereocenters. The minimum absolute atomic E-state index is 0.581. The zero-order valence-electron chi connectivity index (χ0n) is 18.6. The summed E-state index contributed by atoms with van der Waals surface area (Å²) in [6, 6.07) is 10.7. The maximum Gasteiger partial charge on any atom is 0.142 e. The summed E-state index contributed by atoms with van der Waals surface area (Å²) in [7, 11) is 1.74. The summed E-state index contributed by atoms with van der Waals surface area (Å²) in [6.45, 7) is 10.1. The molecule has 160 valence electrons. The van der Waals surface area contributed by atoms with Crippen LogP contribution < -0.4 is 9.64 Å². The first-order valence-electron chi connectivity index (χ1n) is 10.6. The third-order valence-corrected chi connectivity index (χ3v) is 6.58. The summed E-state index contributed by atoms with van der Waals surface area (Å²) in [5, 5.41) is 6.10. The molecular weight excluding hydrogens is 394 g/mol. The van der Waals surface area contributed by atoms with Gasteiger partial charge in [0.05, 0.1) is 30.6 Å². The Kier molecular flexibility index (Phi) is 6.25. The summed E-state index contributed by atoms with van der Waals surface area (Å²) in [4.78, 5) is 2.47. The number of aromatic nitrogens is 2. The van der Waals surface area contributed by atoms with Gasteiger partial charge in [-0.05, 0) is 62.8 Å². The Morgan fingerprint density at radius 2 is 2.13 bits per heavy atom. The number of benzene rings is 1. The van der Waals surface area contributed by atoms with E-state index in [1.807, 2.05) is 0 Å². The van der Waals surface area contributed by atoms with Crippen molar-refractivity contribution in [3.05, 3.63) is 41.5 Å². The van der Waals surface area contributed by atoms with E-state index in [1.54, 1.807) is 18.9 Å². The topological polar surface area (TPSA) is 39.0 Å². The van der Waals surface area contributed by atoms with Crippen molar-refractivity contribution >= 4 is 23.0 Å². The fraction of sp³-hybridized carbons (Fsp3) is 0.458. The van der Waals surface area contributed by atoms with Gasteiger partial charge in [-0.1, -0.05) is 12.1 Å². The number of anilines is 1. The number of hydrogen-bond acceptors (Lipinski definition) is 5. The van der Waals surface area contributed by atoms with E-state index in [9.17, 15) is 0 Å². The fourth-order valence-electron chi connectivity index (χ4n) is 4.50. The summed E-state index contributed by atoms with van der Waals surface area (Å²) < 4.78 is 13.5. The average Bonchev–Trinajstić information content (AvgIpc) is 3.38. The second-order valence-electron chi connectivity index (χ2n) is 7.99. The van der Waals surface area contributed by atoms with Crippen LogP contribution in [0, 0.1) is 19.8 Å². The zero-order chi connectivity index (χ0) is 21.3. The average molecular weight is 426 g/mol. The Labute approximate surface area is 183 Å². The molecule has 1 fully saturated rings. The van der Waals surface area contributed by atoms with Crippen LogP contribution >= 0.6 is 11.8 Å². The Morgan fingerprint density at radius 3 is 2.80 bits per heavy atom. The minimum Gasteiger partial charge on any atom is -0.496 e. The number of thioether (sulfide) groups is 1. The van der Waals surface area contributed by atoms with E-state index >= 15 is 0 Å². The first-order valence-corrected chi connectivity index (χ1v) is 11.8. The molecule has 1 aromatic carbocycles. The predicted octanol–water partition coefficient (Wildman–Crippen LogP) is 5.21. The lowest BCUT2D eigenvalue weighted by Gasteiger charge is -2.25. The fourth-order valence-corrected chi connectivity index (χ4v) is 5.09. The van der Waals surface area contributed by atoms with Crippen molar-refractivity contribution in [2.24, 2.45) is 5.92 Å². The van der Waals surface area contributed by atoms with Crippen molar-refractivity contribution in [3.8, 4) is 17.0 Å². The van der Waals surface area contributed by atoms with Gasteiger partial charge in [-0.2, -0.15) is 5.10 Å². The largest absolute Gasteiger partial charge is 0.496 e. The van der Waals surface area contributed by atoms with Gasteiger partial charge in [0.2, 0.25) is 0 Å². The first-order chi connectivity index (χ1) is 14.6. The molecule has 0 saturated carbocycles. The highest BCUT2D eigenvalue weighted by atomic mass is 32.2. The lowest BCUT2D eigenvalue weighted by molar-refractivity contribution is 0.186. The van der Waals surface area contributed by atoms with Crippen LogP contribution in [0.3, 0.4) is 0 Å². The minimum atomic E-state index is 0.581. The lowest BCUT2D eigenvalue weighted by atomic mass is 10.0.